The Hall–Kier alpha value is -1.86. The number of nitro benzene ring substituents is 1. The fraction of sp³-hybridized carbons (Fsp3) is 0.500. The summed E-state index contributed by atoms with van der Waals surface area (Å²) in [4.78, 5) is 26.0. The molecule has 0 atom stereocenters. The topological polar surface area (TPSA) is 75.9 Å². The molecule has 0 radical (unpaired) electrons. The molecule has 22 heavy (non-hydrogen) atoms. The van der Waals surface area contributed by atoms with Gasteiger partial charge in [0.2, 0.25) is 5.91 Å². The number of benzene rings is 1. The summed E-state index contributed by atoms with van der Waals surface area (Å²) in [7, 11) is 1.49. The summed E-state index contributed by atoms with van der Waals surface area (Å²) in [5, 5.41) is 11.3. The lowest BCUT2D eigenvalue weighted by molar-refractivity contribution is -0.385. The molecule has 0 unspecified atom stereocenters. The molecule has 0 saturated carbocycles. The monoisotopic (exact) mass is 327 g/mol. The minimum absolute atomic E-state index is 0.0164. The Morgan fingerprint density at radius 1 is 1.36 bits per heavy atom. The van der Waals surface area contributed by atoms with Gasteiger partial charge in [-0.15, -0.1) is 0 Å². The largest absolute Gasteiger partial charge is 0.375 e. The third kappa shape index (κ3) is 3.48. The number of carbonyl (C=O) groups is 1. The number of hydrogen-bond acceptors (Lipinski definition) is 5. The maximum Gasteiger partial charge on any atom is 0.273 e. The van der Waals surface area contributed by atoms with Gasteiger partial charge in [-0.2, -0.15) is 0 Å². The third-order valence-electron chi connectivity index (χ3n) is 3.70. The number of halogens is 1. The van der Waals surface area contributed by atoms with Crippen molar-refractivity contribution in [3.05, 3.63) is 32.8 Å². The van der Waals surface area contributed by atoms with Crippen molar-refractivity contribution in [2.45, 2.75) is 6.92 Å². The molecular weight excluding hydrogens is 310 g/mol. The van der Waals surface area contributed by atoms with Gasteiger partial charge in [0.05, 0.1) is 15.6 Å². The molecule has 1 aliphatic rings. The van der Waals surface area contributed by atoms with Crippen LogP contribution in [0.2, 0.25) is 5.02 Å². The van der Waals surface area contributed by atoms with Gasteiger partial charge in [0.1, 0.15) is 6.61 Å². The standard InChI is InChI=1S/C14H18ClN3O4/c1-10-7-13(11(15)8-12(10)18(20)21)16-3-5-17(6-4-16)14(19)9-22-2/h7-8H,3-6,9H2,1-2H3. The van der Waals surface area contributed by atoms with E-state index >= 15 is 0 Å². The van der Waals surface area contributed by atoms with Gasteiger partial charge in [0, 0.05) is 44.9 Å². The molecule has 1 saturated heterocycles. The molecule has 1 aliphatic heterocycles. The number of amides is 1. The zero-order chi connectivity index (χ0) is 16.3. The van der Waals surface area contributed by atoms with Gasteiger partial charge >= 0.3 is 0 Å². The van der Waals surface area contributed by atoms with Crippen molar-refractivity contribution in [1.29, 1.82) is 0 Å². The van der Waals surface area contributed by atoms with Gasteiger partial charge in [-0.25, -0.2) is 0 Å². The molecule has 120 valence electrons. The van der Waals surface area contributed by atoms with E-state index in [2.05, 4.69) is 0 Å². The Labute approximate surface area is 133 Å². The van der Waals surface area contributed by atoms with Gasteiger partial charge in [0.25, 0.3) is 5.69 Å². The smallest absolute Gasteiger partial charge is 0.273 e. The molecule has 2 rings (SSSR count). The highest BCUT2D eigenvalue weighted by Crippen LogP contribution is 2.33. The van der Waals surface area contributed by atoms with E-state index in [1.54, 1.807) is 17.9 Å². The van der Waals surface area contributed by atoms with E-state index in [-0.39, 0.29) is 18.2 Å². The summed E-state index contributed by atoms with van der Waals surface area (Å²) >= 11 is 6.18. The quantitative estimate of drug-likeness (QED) is 0.623. The lowest BCUT2D eigenvalue weighted by Crippen LogP contribution is -2.49. The Balaban J connectivity index is 2.10. The van der Waals surface area contributed by atoms with Gasteiger partial charge in [-0.3, -0.25) is 14.9 Å². The van der Waals surface area contributed by atoms with Crippen LogP contribution < -0.4 is 4.90 Å². The van der Waals surface area contributed by atoms with Crippen LogP contribution in [-0.2, 0) is 9.53 Å². The van der Waals surface area contributed by atoms with E-state index in [9.17, 15) is 14.9 Å². The molecule has 0 aromatic heterocycles. The molecule has 1 aromatic rings. The number of rotatable bonds is 4. The number of nitrogens with zero attached hydrogens (tertiary/aromatic N) is 3. The number of carbonyl (C=O) groups excluding carboxylic acids is 1. The molecule has 1 heterocycles. The summed E-state index contributed by atoms with van der Waals surface area (Å²) in [6.45, 7) is 4.19. The number of hydrogen-bond donors (Lipinski definition) is 0. The second kappa shape index (κ2) is 6.93. The predicted octanol–water partition coefficient (Wildman–Crippen LogP) is 1.85. The van der Waals surface area contributed by atoms with E-state index in [0.717, 1.165) is 5.69 Å². The Bertz CT molecular complexity index is 586. The van der Waals surface area contributed by atoms with E-state index in [1.807, 2.05) is 4.90 Å². The predicted molar refractivity (Wildman–Crippen MR) is 83.5 cm³/mol. The van der Waals surface area contributed by atoms with E-state index < -0.39 is 4.92 Å². The third-order valence-corrected chi connectivity index (χ3v) is 4.01. The molecule has 0 bridgehead atoms. The van der Waals surface area contributed by atoms with Gasteiger partial charge in [-0.1, -0.05) is 11.6 Å². The highest BCUT2D eigenvalue weighted by molar-refractivity contribution is 6.33. The van der Waals surface area contributed by atoms with Crippen LogP contribution in [0.1, 0.15) is 5.56 Å². The van der Waals surface area contributed by atoms with Crippen LogP contribution in [0.5, 0.6) is 0 Å². The summed E-state index contributed by atoms with van der Waals surface area (Å²) in [6.07, 6.45) is 0. The van der Waals surface area contributed by atoms with Crippen LogP contribution in [0.15, 0.2) is 12.1 Å². The van der Waals surface area contributed by atoms with Gasteiger partial charge < -0.3 is 14.5 Å². The second-order valence-corrected chi connectivity index (χ2v) is 5.56. The first kappa shape index (κ1) is 16.5. The van der Waals surface area contributed by atoms with Crippen molar-refractivity contribution in [3.8, 4) is 0 Å². The number of methoxy groups -OCH3 is 1. The normalized spacial score (nSPS) is 15.0. The average Bonchev–Trinajstić information content (AvgIpc) is 2.49. The molecule has 8 heteroatoms. The second-order valence-electron chi connectivity index (χ2n) is 5.15. The highest BCUT2D eigenvalue weighted by atomic mass is 35.5. The van der Waals surface area contributed by atoms with Crippen LogP contribution in [0.4, 0.5) is 11.4 Å². The highest BCUT2D eigenvalue weighted by Gasteiger charge is 2.24. The summed E-state index contributed by atoms with van der Waals surface area (Å²) in [5.41, 5.74) is 1.36. The van der Waals surface area contributed by atoms with E-state index in [0.29, 0.717) is 36.8 Å². The summed E-state index contributed by atoms with van der Waals surface area (Å²) < 4.78 is 4.85. The maximum atomic E-state index is 11.8. The van der Waals surface area contributed by atoms with E-state index in [4.69, 9.17) is 16.3 Å². The van der Waals surface area contributed by atoms with Crippen LogP contribution >= 0.6 is 11.6 Å². The van der Waals surface area contributed by atoms with Crippen LogP contribution in [0, 0.1) is 17.0 Å². The zero-order valence-corrected chi connectivity index (χ0v) is 13.3. The van der Waals surface area contributed by atoms with Gasteiger partial charge in [0.15, 0.2) is 0 Å². The van der Waals surface area contributed by atoms with E-state index in [1.165, 1.54) is 13.2 Å². The molecule has 0 N–H and O–H groups in total. The number of anilines is 1. The van der Waals surface area contributed by atoms with Crippen molar-refractivity contribution >= 4 is 28.9 Å². The van der Waals surface area contributed by atoms with Crippen LogP contribution in [-0.4, -0.2) is 55.6 Å². The Kier molecular flexibility index (Phi) is 5.20. The summed E-state index contributed by atoms with van der Waals surface area (Å²) in [5.74, 6) is -0.0341. The lowest BCUT2D eigenvalue weighted by Gasteiger charge is -2.36. The lowest BCUT2D eigenvalue weighted by atomic mass is 10.1. The molecule has 1 amide bonds. The zero-order valence-electron chi connectivity index (χ0n) is 12.5. The number of piperazine rings is 1. The van der Waals surface area contributed by atoms with Gasteiger partial charge in [-0.05, 0) is 13.0 Å². The fourth-order valence-corrected chi connectivity index (χ4v) is 2.78. The number of ether oxygens (including phenoxy) is 1. The molecule has 0 aliphatic carbocycles. The Morgan fingerprint density at radius 3 is 2.55 bits per heavy atom. The molecule has 0 spiro atoms. The molecular formula is C14H18ClN3O4. The SMILES string of the molecule is COCC(=O)N1CCN(c2cc(C)c([N+](=O)[O-])cc2Cl)CC1. The summed E-state index contributed by atoms with van der Waals surface area (Å²) in [6, 6.07) is 3.11. The molecule has 1 aromatic carbocycles. The first-order chi connectivity index (χ1) is 10.4. The number of nitro groups is 1. The van der Waals surface area contributed by atoms with Crippen molar-refractivity contribution in [2.24, 2.45) is 0 Å². The minimum Gasteiger partial charge on any atom is -0.375 e. The maximum absolute atomic E-state index is 11.8. The Morgan fingerprint density at radius 2 is 2.00 bits per heavy atom. The first-order valence-corrected chi connectivity index (χ1v) is 7.28. The van der Waals surface area contributed by atoms with Crippen molar-refractivity contribution in [3.63, 3.8) is 0 Å². The van der Waals surface area contributed by atoms with Crippen LogP contribution in [0.3, 0.4) is 0 Å². The average molecular weight is 328 g/mol. The van der Waals surface area contributed by atoms with Crippen molar-refractivity contribution in [2.75, 3.05) is 44.8 Å². The van der Waals surface area contributed by atoms with Crippen LogP contribution in [0.25, 0.3) is 0 Å². The minimum atomic E-state index is -0.438. The molecule has 7 nitrogen and oxygen atoms in total. The van der Waals surface area contributed by atoms with Crippen molar-refractivity contribution in [1.82, 2.24) is 4.90 Å². The van der Waals surface area contributed by atoms with Crippen molar-refractivity contribution < 1.29 is 14.5 Å². The number of aryl methyl sites for hydroxylation is 1. The fourth-order valence-electron chi connectivity index (χ4n) is 2.51. The first-order valence-electron chi connectivity index (χ1n) is 6.90. The molecule has 1 fully saturated rings.